The maximum atomic E-state index is 13.4. The molecular weight excluding hydrogens is 392 g/mol. The van der Waals surface area contributed by atoms with Crippen LogP contribution >= 0.6 is 0 Å². The van der Waals surface area contributed by atoms with Gasteiger partial charge in [-0.25, -0.2) is 12.7 Å². The molecule has 0 N–H and O–H groups in total. The number of hydrogen-bond donors (Lipinski definition) is 0. The highest BCUT2D eigenvalue weighted by atomic mass is 32.2. The molecule has 2 aliphatic rings. The van der Waals surface area contributed by atoms with Gasteiger partial charge in [0.1, 0.15) is 5.25 Å². The van der Waals surface area contributed by atoms with Crippen molar-refractivity contribution in [3.05, 3.63) is 35.4 Å². The van der Waals surface area contributed by atoms with Crippen LogP contribution in [0.15, 0.2) is 24.3 Å². The summed E-state index contributed by atoms with van der Waals surface area (Å²) in [6, 6.07) is 7.76. The van der Waals surface area contributed by atoms with Crippen LogP contribution in [0.25, 0.3) is 0 Å². The lowest BCUT2D eigenvalue weighted by Crippen LogP contribution is -2.46. The van der Waals surface area contributed by atoms with Crippen molar-refractivity contribution in [2.45, 2.75) is 50.8 Å². The third-order valence-electron chi connectivity index (χ3n) is 5.95. The molecule has 2 fully saturated rings. The molecular formula is C21H32N2O5S. The van der Waals surface area contributed by atoms with Gasteiger partial charge in [-0.2, -0.15) is 5.06 Å². The Balaban J connectivity index is 1.74. The third-order valence-corrected chi connectivity index (χ3v) is 8.19. The van der Waals surface area contributed by atoms with Gasteiger partial charge in [0.2, 0.25) is 10.0 Å². The predicted octanol–water partition coefficient (Wildman–Crippen LogP) is 2.70. The first-order valence-electron chi connectivity index (χ1n) is 10.4. The SMILES string of the molecule is CCOC(=O)C1CCN(S(=O)(=O)C2CON(C)C2c2ccc(C(C)C)cc2)CC1. The van der Waals surface area contributed by atoms with E-state index in [9.17, 15) is 13.2 Å². The summed E-state index contributed by atoms with van der Waals surface area (Å²) < 4.78 is 33.4. The van der Waals surface area contributed by atoms with Gasteiger partial charge >= 0.3 is 5.97 Å². The molecule has 1 aromatic carbocycles. The number of rotatable bonds is 6. The molecule has 0 saturated carbocycles. The molecule has 2 unspecified atom stereocenters. The fourth-order valence-electron chi connectivity index (χ4n) is 4.15. The molecule has 1 aromatic rings. The van der Waals surface area contributed by atoms with E-state index in [2.05, 4.69) is 26.0 Å². The van der Waals surface area contributed by atoms with Crippen LogP contribution in [-0.2, 0) is 24.4 Å². The van der Waals surface area contributed by atoms with Crippen LogP contribution in [0.1, 0.15) is 56.7 Å². The van der Waals surface area contributed by atoms with Gasteiger partial charge in [0, 0.05) is 20.1 Å². The van der Waals surface area contributed by atoms with Gasteiger partial charge in [-0.15, -0.1) is 0 Å². The van der Waals surface area contributed by atoms with Crippen molar-refractivity contribution in [3.8, 4) is 0 Å². The molecule has 2 heterocycles. The van der Waals surface area contributed by atoms with Crippen molar-refractivity contribution in [2.24, 2.45) is 5.92 Å². The van der Waals surface area contributed by atoms with Gasteiger partial charge in [-0.1, -0.05) is 38.1 Å². The number of carbonyl (C=O) groups excluding carboxylic acids is 1. The van der Waals surface area contributed by atoms with Gasteiger partial charge in [0.15, 0.2) is 0 Å². The summed E-state index contributed by atoms with van der Waals surface area (Å²) in [5, 5.41) is 0.981. The van der Waals surface area contributed by atoms with Crippen molar-refractivity contribution in [1.82, 2.24) is 9.37 Å². The van der Waals surface area contributed by atoms with Crippen LogP contribution in [0, 0.1) is 5.92 Å². The Morgan fingerprint density at radius 1 is 1.21 bits per heavy atom. The molecule has 8 heteroatoms. The molecule has 0 spiro atoms. The first kappa shape index (κ1) is 22.2. The fraction of sp³-hybridized carbons (Fsp3) is 0.667. The van der Waals surface area contributed by atoms with E-state index in [0.29, 0.717) is 38.5 Å². The number of benzene rings is 1. The van der Waals surface area contributed by atoms with E-state index in [1.807, 2.05) is 12.1 Å². The number of sulfonamides is 1. The summed E-state index contributed by atoms with van der Waals surface area (Å²) >= 11 is 0. The first-order valence-corrected chi connectivity index (χ1v) is 11.9. The number of hydrogen-bond acceptors (Lipinski definition) is 6. The lowest BCUT2D eigenvalue weighted by Gasteiger charge is -2.33. The van der Waals surface area contributed by atoms with Crippen molar-refractivity contribution in [1.29, 1.82) is 0 Å². The van der Waals surface area contributed by atoms with Gasteiger partial charge in [0.25, 0.3) is 0 Å². The fourth-order valence-corrected chi connectivity index (χ4v) is 6.14. The zero-order chi connectivity index (χ0) is 21.2. The average molecular weight is 425 g/mol. The Morgan fingerprint density at radius 2 is 1.83 bits per heavy atom. The lowest BCUT2D eigenvalue weighted by atomic mass is 9.98. The Kier molecular flexibility index (Phi) is 6.98. The highest BCUT2D eigenvalue weighted by Gasteiger charge is 2.46. The Hall–Kier alpha value is -1.48. The lowest BCUT2D eigenvalue weighted by molar-refractivity contribution is -0.149. The molecule has 29 heavy (non-hydrogen) atoms. The summed E-state index contributed by atoms with van der Waals surface area (Å²) in [6.45, 7) is 7.20. The highest BCUT2D eigenvalue weighted by Crippen LogP contribution is 2.36. The summed E-state index contributed by atoms with van der Waals surface area (Å²) in [6.07, 6.45) is 0.991. The predicted molar refractivity (Wildman–Crippen MR) is 111 cm³/mol. The molecule has 162 valence electrons. The van der Waals surface area contributed by atoms with E-state index < -0.39 is 15.3 Å². The second-order valence-electron chi connectivity index (χ2n) is 8.12. The number of carbonyl (C=O) groups is 1. The third kappa shape index (κ3) is 4.66. The van der Waals surface area contributed by atoms with E-state index in [1.165, 1.54) is 9.87 Å². The monoisotopic (exact) mass is 424 g/mol. The minimum absolute atomic E-state index is 0.132. The van der Waals surface area contributed by atoms with Gasteiger partial charge in [-0.3, -0.25) is 9.63 Å². The van der Waals surface area contributed by atoms with Crippen molar-refractivity contribution in [2.75, 3.05) is 33.4 Å². The normalized spacial score (nSPS) is 24.9. The number of esters is 1. The van der Waals surface area contributed by atoms with Crippen molar-refractivity contribution >= 4 is 16.0 Å². The second kappa shape index (κ2) is 9.12. The minimum Gasteiger partial charge on any atom is -0.466 e. The number of nitrogens with zero attached hydrogens (tertiary/aromatic N) is 2. The van der Waals surface area contributed by atoms with Crippen LogP contribution in [0.3, 0.4) is 0 Å². The Labute approximate surface area is 174 Å². The summed E-state index contributed by atoms with van der Waals surface area (Å²) in [7, 11) is -1.78. The van der Waals surface area contributed by atoms with E-state index in [0.717, 1.165) is 5.56 Å². The molecule has 0 amide bonds. The molecule has 2 atom stereocenters. The number of hydroxylamine groups is 2. The van der Waals surface area contributed by atoms with Crippen molar-refractivity contribution < 1.29 is 22.8 Å². The maximum Gasteiger partial charge on any atom is 0.309 e. The van der Waals surface area contributed by atoms with Crippen LogP contribution < -0.4 is 0 Å². The Bertz CT molecular complexity index is 801. The van der Waals surface area contributed by atoms with E-state index >= 15 is 0 Å². The second-order valence-corrected chi connectivity index (χ2v) is 10.3. The zero-order valence-electron chi connectivity index (χ0n) is 17.7. The number of piperidine rings is 1. The van der Waals surface area contributed by atoms with Gasteiger partial charge < -0.3 is 4.74 Å². The summed E-state index contributed by atoms with van der Waals surface area (Å²) in [4.78, 5) is 17.6. The summed E-state index contributed by atoms with van der Waals surface area (Å²) in [5.41, 5.74) is 2.15. The minimum atomic E-state index is -3.57. The highest BCUT2D eigenvalue weighted by molar-refractivity contribution is 7.89. The Morgan fingerprint density at radius 3 is 2.38 bits per heavy atom. The number of ether oxygens (including phenoxy) is 1. The van der Waals surface area contributed by atoms with Gasteiger partial charge in [0.05, 0.1) is 25.2 Å². The van der Waals surface area contributed by atoms with Crippen LogP contribution in [0.4, 0.5) is 0 Å². The maximum absolute atomic E-state index is 13.4. The van der Waals surface area contributed by atoms with Gasteiger partial charge in [-0.05, 0) is 36.8 Å². The van der Waals surface area contributed by atoms with E-state index in [4.69, 9.17) is 9.57 Å². The molecule has 7 nitrogen and oxygen atoms in total. The average Bonchev–Trinajstić information content (AvgIpc) is 3.10. The first-order chi connectivity index (χ1) is 13.8. The quantitative estimate of drug-likeness (QED) is 0.654. The molecule has 2 aliphatic heterocycles. The van der Waals surface area contributed by atoms with E-state index in [1.54, 1.807) is 19.0 Å². The smallest absolute Gasteiger partial charge is 0.309 e. The van der Waals surface area contributed by atoms with Crippen LogP contribution in [-0.4, -0.2) is 62.4 Å². The zero-order valence-corrected chi connectivity index (χ0v) is 18.5. The van der Waals surface area contributed by atoms with Crippen molar-refractivity contribution in [3.63, 3.8) is 0 Å². The molecule has 0 aromatic heterocycles. The van der Waals surface area contributed by atoms with Crippen LogP contribution in [0.2, 0.25) is 0 Å². The summed E-state index contributed by atoms with van der Waals surface area (Å²) in [5.74, 6) is -0.0262. The van der Waals surface area contributed by atoms with Crippen LogP contribution in [0.5, 0.6) is 0 Å². The standard InChI is InChI=1S/C21H32N2O5S/c1-5-27-21(24)18-10-12-23(13-11-18)29(25,26)19-14-28-22(4)20(19)17-8-6-16(7-9-17)15(2)3/h6-9,15,18-20H,5,10-14H2,1-4H3. The van der Waals surface area contributed by atoms with E-state index in [-0.39, 0.29) is 24.5 Å². The molecule has 0 bridgehead atoms. The molecule has 3 rings (SSSR count). The molecule has 0 radical (unpaired) electrons. The molecule has 2 saturated heterocycles. The molecule has 0 aliphatic carbocycles. The topological polar surface area (TPSA) is 76.1 Å². The largest absolute Gasteiger partial charge is 0.466 e.